The number of nitrogens with zero attached hydrogens (tertiary/aromatic N) is 3. The third-order valence-electron chi connectivity index (χ3n) is 4.94. The third kappa shape index (κ3) is 8.56. The van der Waals surface area contributed by atoms with E-state index >= 15 is 0 Å². The van der Waals surface area contributed by atoms with Gasteiger partial charge in [-0.05, 0) is 30.7 Å². The van der Waals surface area contributed by atoms with Crippen molar-refractivity contribution in [3.63, 3.8) is 0 Å². The van der Waals surface area contributed by atoms with Gasteiger partial charge in [0.25, 0.3) is 0 Å². The molecule has 194 valence electrons. The molecule has 3 N–H and O–H groups in total. The Morgan fingerprint density at radius 1 is 1.17 bits per heavy atom. The summed E-state index contributed by atoms with van der Waals surface area (Å²) in [6.07, 6.45) is 3.06. The summed E-state index contributed by atoms with van der Waals surface area (Å²) in [5, 5.41) is 18.9. The van der Waals surface area contributed by atoms with Crippen LogP contribution in [0.5, 0.6) is 5.75 Å². The molecule has 0 aliphatic carbocycles. The van der Waals surface area contributed by atoms with Crippen molar-refractivity contribution in [1.82, 2.24) is 13.1 Å². The van der Waals surface area contributed by atoms with Gasteiger partial charge in [0.15, 0.2) is 21.6 Å². The van der Waals surface area contributed by atoms with Crippen LogP contribution in [0.4, 0.5) is 17.3 Å². The monoisotopic (exact) mass is 537 g/mol. The maximum absolute atomic E-state index is 13.0. The Balaban J connectivity index is 0.000000655. The van der Waals surface area contributed by atoms with E-state index in [0.717, 1.165) is 49.0 Å². The molecule has 7 nitrogen and oxygen atoms in total. The smallest absolute Gasteiger partial charge is 0.188 e. The molecule has 0 spiro atoms. The van der Waals surface area contributed by atoms with Crippen LogP contribution in [0.25, 0.3) is 0 Å². The lowest BCUT2D eigenvalue weighted by Gasteiger charge is -2.21. The van der Waals surface area contributed by atoms with E-state index in [1.807, 2.05) is 48.5 Å². The van der Waals surface area contributed by atoms with Crippen molar-refractivity contribution in [2.45, 2.75) is 77.6 Å². The van der Waals surface area contributed by atoms with Gasteiger partial charge >= 0.3 is 0 Å². The van der Waals surface area contributed by atoms with E-state index in [1.54, 1.807) is 5.38 Å². The first-order chi connectivity index (χ1) is 16.9. The fourth-order valence-electron chi connectivity index (χ4n) is 3.38. The summed E-state index contributed by atoms with van der Waals surface area (Å²) in [4.78, 5) is 0. The number of hydrogen-bond donors (Lipinski definition) is 3. The van der Waals surface area contributed by atoms with Crippen molar-refractivity contribution in [3.8, 4) is 5.75 Å². The van der Waals surface area contributed by atoms with Crippen molar-refractivity contribution in [2.24, 2.45) is 5.92 Å². The molecular formula is C25H39N5O2S3. The number of nitrogens with one attached hydrogen (secondary N) is 2. The van der Waals surface area contributed by atoms with Crippen molar-refractivity contribution < 1.29 is 9.32 Å². The molecule has 1 aliphatic heterocycles. The van der Waals surface area contributed by atoms with Gasteiger partial charge in [0, 0.05) is 24.5 Å². The minimum Gasteiger partial charge on any atom is -0.504 e. The maximum Gasteiger partial charge on any atom is 0.188 e. The first-order valence-electron chi connectivity index (χ1n) is 12.3. The molecule has 3 aromatic rings. The van der Waals surface area contributed by atoms with Crippen LogP contribution in [-0.4, -0.2) is 35.0 Å². The zero-order valence-electron chi connectivity index (χ0n) is 21.6. The normalized spacial score (nSPS) is 16.1. The summed E-state index contributed by atoms with van der Waals surface area (Å²) in [6, 6.07) is 10.3. The van der Waals surface area contributed by atoms with E-state index in [4.69, 9.17) is 0 Å². The molecule has 2 unspecified atom stereocenters. The van der Waals surface area contributed by atoms with Crippen LogP contribution in [0.2, 0.25) is 0 Å². The molecule has 3 heterocycles. The quantitative estimate of drug-likeness (QED) is 0.280. The fourth-order valence-corrected chi connectivity index (χ4v) is 6.56. The Morgan fingerprint density at radius 2 is 1.83 bits per heavy atom. The Kier molecular flexibility index (Phi) is 12.7. The minimum absolute atomic E-state index is 0.0251. The van der Waals surface area contributed by atoms with Gasteiger partial charge < -0.3 is 15.7 Å². The van der Waals surface area contributed by atoms with Crippen LogP contribution in [0.3, 0.4) is 0 Å². The molecule has 2 atom stereocenters. The van der Waals surface area contributed by atoms with Crippen molar-refractivity contribution in [2.75, 3.05) is 17.2 Å². The lowest BCUT2D eigenvalue weighted by Crippen LogP contribution is -2.30. The number of aromatic hydroxyl groups is 1. The van der Waals surface area contributed by atoms with Crippen LogP contribution < -0.4 is 10.6 Å². The first-order valence-corrected chi connectivity index (χ1v) is 15.0. The van der Waals surface area contributed by atoms with Crippen molar-refractivity contribution in [1.29, 1.82) is 0 Å². The Labute approximate surface area is 220 Å². The highest BCUT2D eigenvalue weighted by Crippen LogP contribution is 2.41. The average Bonchev–Trinajstić information content (AvgIpc) is 3.60. The first kappa shape index (κ1) is 29.2. The van der Waals surface area contributed by atoms with Gasteiger partial charge in [-0.2, -0.15) is 8.75 Å². The Hall–Kier alpha value is -2.01. The van der Waals surface area contributed by atoms with E-state index < -0.39 is 11.0 Å². The lowest BCUT2D eigenvalue weighted by atomic mass is 10.2. The molecule has 10 heteroatoms. The third-order valence-corrected chi connectivity index (χ3v) is 8.37. The number of aromatic nitrogens is 2. The van der Waals surface area contributed by atoms with Gasteiger partial charge in [0.05, 0.1) is 17.4 Å². The van der Waals surface area contributed by atoms with Crippen molar-refractivity contribution >= 4 is 51.4 Å². The molecule has 0 saturated carbocycles. The van der Waals surface area contributed by atoms with E-state index in [9.17, 15) is 9.32 Å². The average molecular weight is 538 g/mol. The number of rotatable bonds is 8. The van der Waals surface area contributed by atoms with Crippen LogP contribution in [0.1, 0.15) is 66.4 Å². The molecule has 1 fully saturated rings. The zero-order chi connectivity index (χ0) is 25.8. The van der Waals surface area contributed by atoms with E-state index in [2.05, 4.69) is 47.1 Å². The van der Waals surface area contributed by atoms with E-state index in [1.165, 1.54) is 11.3 Å². The highest BCUT2D eigenvalue weighted by Gasteiger charge is 2.31. The zero-order valence-corrected chi connectivity index (χ0v) is 24.0. The predicted octanol–water partition coefficient (Wildman–Crippen LogP) is 7.25. The number of thiophene rings is 1. The highest BCUT2D eigenvalue weighted by molar-refractivity contribution is 7.85. The molecule has 35 heavy (non-hydrogen) atoms. The second kappa shape index (κ2) is 15.2. The SMILES string of the molecule is CC.CC(C)C.CCC1CCCN1S(=O)c1scc(Nc2nsnc2NCc2ccccc2)c1O. The van der Waals surface area contributed by atoms with Crippen LogP contribution in [0.15, 0.2) is 39.9 Å². The lowest BCUT2D eigenvalue weighted by molar-refractivity contribution is 0.403. The second-order valence-electron chi connectivity index (χ2n) is 8.54. The molecule has 4 rings (SSSR count). The molecular weight excluding hydrogens is 499 g/mol. The molecule has 0 amide bonds. The molecule has 0 radical (unpaired) electrons. The summed E-state index contributed by atoms with van der Waals surface area (Å²) >= 11 is 2.39. The van der Waals surface area contributed by atoms with Gasteiger partial charge in [-0.3, -0.25) is 0 Å². The van der Waals surface area contributed by atoms with Crippen LogP contribution in [-0.2, 0) is 17.5 Å². The molecule has 2 aromatic heterocycles. The summed E-state index contributed by atoms with van der Waals surface area (Å²) < 4.78 is 24.1. The van der Waals surface area contributed by atoms with Crippen LogP contribution in [0, 0.1) is 5.92 Å². The van der Waals surface area contributed by atoms with Gasteiger partial charge in [0.1, 0.15) is 11.0 Å². The van der Waals surface area contributed by atoms with Gasteiger partial charge in [-0.1, -0.05) is 71.9 Å². The Bertz CT molecular complexity index is 1020. The van der Waals surface area contributed by atoms with E-state index in [-0.39, 0.29) is 5.75 Å². The molecule has 1 aromatic carbocycles. The van der Waals surface area contributed by atoms with Gasteiger partial charge in [-0.15, -0.1) is 11.3 Å². The summed E-state index contributed by atoms with van der Waals surface area (Å²) in [5.41, 5.74) is 1.64. The molecule has 1 aliphatic rings. The Morgan fingerprint density at radius 3 is 2.49 bits per heavy atom. The number of anilines is 3. The van der Waals surface area contributed by atoms with Gasteiger partial charge in [0.2, 0.25) is 0 Å². The summed E-state index contributed by atoms with van der Waals surface area (Å²) in [7, 11) is -1.35. The molecule has 1 saturated heterocycles. The highest BCUT2D eigenvalue weighted by atomic mass is 32.2. The molecule has 0 bridgehead atoms. The second-order valence-corrected chi connectivity index (χ2v) is 11.6. The maximum atomic E-state index is 13.0. The number of benzene rings is 1. The summed E-state index contributed by atoms with van der Waals surface area (Å²) in [5.74, 6) is 2.03. The van der Waals surface area contributed by atoms with Crippen LogP contribution >= 0.6 is 23.1 Å². The fraction of sp³-hybridized carbons (Fsp3) is 0.520. The number of hydrogen-bond acceptors (Lipinski definition) is 8. The predicted molar refractivity (Wildman–Crippen MR) is 151 cm³/mol. The summed E-state index contributed by atoms with van der Waals surface area (Å²) in [6.45, 7) is 14.0. The van der Waals surface area contributed by atoms with Gasteiger partial charge in [-0.25, -0.2) is 8.51 Å². The largest absolute Gasteiger partial charge is 0.504 e. The topological polar surface area (TPSA) is 90.4 Å². The standard InChI is InChI=1S/C19H23N5O2S3.C4H10.C2H6/c1-2-14-9-6-10-24(14)29(26)19-16(25)15(12-27-19)21-18-17(22-28-23-18)20-11-13-7-4-3-5-8-13;1-4(2)3;1-2/h3-5,7-8,12,14,25H,2,6,9-11H2,1H3,(H,20,22)(H,21,23);4H,1-3H3;1-2H3. The van der Waals surface area contributed by atoms with E-state index in [0.29, 0.717) is 34.1 Å². The minimum atomic E-state index is -1.35. The van der Waals surface area contributed by atoms with Crippen molar-refractivity contribution in [3.05, 3.63) is 41.3 Å².